The van der Waals surface area contributed by atoms with Crippen molar-refractivity contribution in [3.8, 4) is 5.75 Å². The molecule has 1 aromatic rings. The molecule has 4 nitrogen and oxygen atoms in total. The molecule has 0 saturated carbocycles. The van der Waals surface area contributed by atoms with Gasteiger partial charge >= 0.3 is 5.97 Å². The molecule has 1 rings (SSSR count). The molecule has 0 bridgehead atoms. The topological polar surface area (TPSA) is 55.8 Å². The second-order valence-electron chi connectivity index (χ2n) is 3.18. The zero-order valence-corrected chi connectivity index (χ0v) is 9.71. The zero-order valence-electron chi connectivity index (χ0n) is 9.71. The van der Waals surface area contributed by atoms with Crippen LogP contribution < -0.4 is 0 Å². The van der Waals surface area contributed by atoms with Crippen molar-refractivity contribution in [2.24, 2.45) is 0 Å². The lowest BCUT2D eigenvalue weighted by Gasteiger charge is -2.01. The number of rotatable bonds is 4. The first-order valence-electron chi connectivity index (χ1n) is 4.97. The van der Waals surface area contributed by atoms with Crippen molar-refractivity contribution in [1.29, 1.82) is 0 Å². The highest BCUT2D eigenvalue weighted by Crippen LogP contribution is 2.11. The highest BCUT2D eigenvalue weighted by Gasteiger charge is 2.06. The fraction of sp³-hybridized carbons (Fsp3) is 0.154. The normalized spacial score (nSPS) is 11.5. The molecule has 0 aliphatic carbocycles. The molecule has 0 aliphatic rings. The number of benzene rings is 1. The number of aromatic hydroxyl groups is 1. The van der Waals surface area contributed by atoms with Crippen LogP contribution in [0.5, 0.6) is 5.75 Å². The summed E-state index contributed by atoms with van der Waals surface area (Å²) in [4.78, 5) is 11.1. The third-order valence-electron chi connectivity index (χ3n) is 2.04. The fourth-order valence-electron chi connectivity index (χ4n) is 1.15. The van der Waals surface area contributed by atoms with Gasteiger partial charge in [-0.15, -0.1) is 0 Å². The van der Waals surface area contributed by atoms with E-state index in [0.29, 0.717) is 0 Å². The Labute approximate surface area is 99.8 Å². The third kappa shape index (κ3) is 4.03. The van der Waals surface area contributed by atoms with E-state index in [-0.39, 0.29) is 11.5 Å². The van der Waals surface area contributed by atoms with E-state index < -0.39 is 5.97 Å². The maximum absolute atomic E-state index is 11.1. The van der Waals surface area contributed by atoms with Gasteiger partial charge in [0.05, 0.1) is 14.2 Å². The first-order valence-corrected chi connectivity index (χ1v) is 4.97. The molecule has 0 amide bonds. The molecule has 4 heteroatoms. The standard InChI is InChI=1S/C13H14O4/c1-16-12(13(15)17-2)5-3-4-10-6-8-11(14)9-7-10/h3-9,14H,1-2H3/b4-3+,12-5+. The Kier molecular flexibility index (Phi) is 4.81. The Morgan fingerprint density at radius 1 is 1.18 bits per heavy atom. The molecule has 0 radical (unpaired) electrons. The van der Waals surface area contributed by atoms with Crippen molar-refractivity contribution in [3.63, 3.8) is 0 Å². The van der Waals surface area contributed by atoms with Crippen LogP contribution in [0.1, 0.15) is 5.56 Å². The SMILES string of the molecule is COC(=O)/C(=C\C=C\c1ccc(O)cc1)OC. The van der Waals surface area contributed by atoms with Gasteiger partial charge in [-0.05, 0) is 23.8 Å². The summed E-state index contributed by atoms with van der Waals surface area (Å²) in [5, 5.41) is 9.10. The number of phenols is 1. The van der Waals surface area contributed by atoms with Gasteiger partial charge in [0.25, 0.3) is 0 Å². The summed E-state index contributed by atoms with van der Waals surface area (Å²) in [7, 11) is 2.69. The Hall–Kier alpha value is -2.23. The summed E-state index contributed by atoms with van der Waals surface area (Å²) < 4.78 is 9.38. The molecule has 0 spiro atoms. The fourth-order valence-corrected chi connectivity index (χ4v) is 1.15. The summed E-state index contributed by atoms with van der Waals surface area (Å²) in [6.07, 6.45) is 4.96. The predicted molar refractivity (Wildman–Crippen MR) is 64.2 cm³/mol. The van der Waals surface area contributed by atoms with Gasteiger partial charge in [-0.3, -0.25) is 0 Å². The molecule has 17 heavy (non-hydrogen) atoms. The van der Waals surface area contributed by atoms with E-state index in [4.69, 9.17) is 9.84 Å². The van der Waals surface area contributed by atoms with E-state index in [9.17, 15) is 4.79 Å². The van der Waals surface area contributed by atoms with Gasteiger partial charge in [0.2, 0.25) is 5.76 Å². The van der Waals surface area contributed by atoms with Gasteiger partial charge in [-0.2, -0.15) is 0 Å². The Bertz CT molecular complexity index is 429. The molecular weight excluding hydrogens is 220 g/mol. The number of hydrogen-bond donors (Lipinski definition) is 1. The minimum atomic E-state index is -0.525. The predicted octanol–water partition coefficient (Wildman–Crippen LogP) is 2.11. The minimum absolute atomic E-state index is 0.127. The lowest BCUT2D eigenvalue weighted by atomic mass is 10.2. The highest BCUT2D eigenvalue weighted by atomic mass is 16.6. The Morgan fingerprint density at radius 2 is 1.82 bits per heavy atom. The van der Waals surface area contributed by atoms with Crippen molar-refractivity contribution in [3.05, 3.63) is 47.7 Å². The van der Waals surface area contributed by atoms with Crippen molar-refractivity contribution < 1.29 is 19.4 Å². The first kappa shape index (κ1) is 12.8. The van der Waals surface area contributed by atoms with Gasteiger partial charge in [-0.1, -0.05) is 24.3 Å². The number of hydrogen-bond acceptors (Lipinski definition) is 4. The van der Waals surface area contributed by atoms with E-state index in [1.165, 1.54) is 20.3 Å². The second kappa shape index (κ2) is 6.37. The number of carbonyl (C=O) groups excluding carboxylic acids is 1. The highest BCUT2D eigenvalue weighted by molar-refractivity contribution is 5.86. The number of carbonyl (C=O) groups is 1. The second-order valence-corrected chi connectivity index (χ2v) is 3.18. The van der Waals surface area contributed by atoms with Gasteiger partial charge in [-0.25, -0.2) is 4.79 Å². The van der Waals surface area contributed by atoms with Crippen molar-refractivity contribution in [2.45, 2.75) is 0 Å². The first-order chi connectivity index (χ1) is 8.17. The van der Waals surface area contributed by atoms with E-state index >= 15 is 0 Å². The van der Waals surface area contributed by atoms with Crippen molar-refractivity contribution in [1.82, 2.24) is 0 Å². The Balaban J connectivity index is 2.73. The molecule has 0 fully saturated rings. The van der Waals surface area contributed by atoms with Gasteiger partial charge in [0, 0.05) is 0 Å². The number of allylic oxidation sites excluding steroid dienone is 2. The molecule has 0 unspecified atom stereocenters. The van der Waals surface area contributed by atoms with Crippen molar-refractivity contribution in [2.75, 3.05) is 14.2 Å². The Morgan fingerprint density at radius 3 is 2.35 bits per heavy atom. The van der Waals surface area contributed by atoms with Crippen LogP contribution in [-0.2, 0) is 14.3 Å². The van der Waals surface area contributed by atoms with E-state index in [0.717, 1.165) is 5.56 Å². The monoisotopic (exact) mass is 234 g/mol. The maximum atomic E-state index is 11.1. The molecule has 0 saturated heterocycles. The summed E-state index contributed by atoms with van der Waals surface area (Å²) in [6, 6.07) is 6.68. The number of phenolic OH excluding ortho intramolecular Hbond substituents is 1. The third-order valence-corrected chi connectivity index (χ3v) is 2.04. The molecule has 0 atom stereocenters. The average molecular weight is 234 g/mol. The molecule has 0 heterocycles. The van der Waals surface area contributed by atoms with Gasteiger partial charge in [0.15, 0.2) is 0 Å². The molecular formula is C13H14O4. The summed E-state index contributed by atoms with van der Waals surface area (Å²) in [5.74, 6) is -0.185. The molecule has 1 N–H and O–H groups in total. The van der Waals surface area contributed by atoms with Crippen LogP contribution in [0.3, 0.4) is 0 Å². The van der Waals surface area contributed by atoms with Crippen LogP contribution in [0.15, 0.2) is 42.2 Å². The maximum Gasteiger partial charge on any atom is 0.373 e. The van der Waals surface area contributed by atoms with Crippen LogP contribution in [-0.4, -0.2) is 25.3 Å². The van der Waals surface area contributed by atoms with E-state index in [2.05, 4.69) is 4.74 Å². The average Bonchev–Trinajstić information content (AvgIpc) is 2.36. The molecule has 0 aromatic heterocycles. The summed E-state index contributed by atoms with van der Waals surface area (Å²) >= 11 is 0. The lowest BCUT2D eigenvalue weighted by molar-refractivity contribution is -0.139. The van der Waals surface area contributed by atoms with Gasteiger partial charge in [0.1, 0.15) is 5.75 Å². The molecule has 1 aromatic carbocycles. The van der Waals surface area contributed by atoms with Gasteiger partial charge < -0.3 is 14.6 Å². The number of esters is 1. The lowest BCUT2D eigenvalue weighted by Crippen LogP contribution is -2.05. The quantitative estimate of drug-likeness (QED) is 0.375. The molecule has 0 aliphatic heterocycles. The van der Waals surface area contributed by atoms with E-state index in [1.54, 1.807) is 36.4 Å². The van der Waals surface area contributed by atoms with Crippen LogP contribution in [0.2, 0.25) is 0 Å². The van der Waals surface area contributed by atoms with E-state index in [1.807, 2.05) is 0 Å². The number of ether oxygens (including phenoxy) is 2. The summed E-state index contributed by atoms with van der Waals surface area (Å²) in [6.45, 7) is 0. The summed E-state index contributed by atoms with van der Waals surface area (Å²) in [5.41, 5.74) is 0.902. The van der Waals surface area contributed by atoms with Crippen LogP contribution in [0, 0.1) is 0 Å². The smallest absolute Gasteiger partial charge is 0.373 e. The van der Waals surface area contributed by atoms with Crippen LogP contribution in [0.25, 0.3) is 6.08 Å². The van der Waals surface area contributed by atoms with Crippen LogP contribution in [0.4, 0.5) is 0 Å². The van der Waals surface area contributed by atoms with Crippen molar-refractivity contribution >= 4 is 12.0 Å². The zero-order chi connectivity index (χ0) is 12.7. The minimum Gasteiger partial charge on any atom is -0.508 e. The van der Waals surface area contributed by atoms with Crippen LogP contribution >= 0.6 is 0 Å². The largest absolute Gasteiger partial charge is 0.508 e. The molecule has 90 valence electrons. The number of methoxy groups -OCH3 is 2.